The number of nitrogens with two attached hydrogens (primary N) is 1. The Kier molecular flexibility index (Phi) is 5.74. The number of carbonyl (C=O) groups excluding carboxylic acids is 1. The van der Waals surface area contributed by atoms with Crippen LogP contribution in [-0.2, 0) is 16.4 Å². The number of aromatic nitrogens is 2. The maximum atomic E-state index is 12.7. The van der Waals surface area contributed by atoms with Gasteiger partial charge in [0.05, 0.1) is 21.3 Å². The summed E-state index contributed by atoms with van der Waals surface area (Å²) >= 11 is 6.95. The molecule has 2 aromatic heterocycles. The number of nitrogens with one attached hydrogen (secondary N) is 1. The molecule has 3 rings (SSSR count). The summed E-state index contributed by atoms with van der Waals surface area (Å²) in [6, 6.07) is 3.50. The summed E-state index contributed by atoms with van der Waals surface area (Å²) in [5.41, 5.74) is 8.40. The van der Waals surface area contributed by atoms with Gasteiger partial charge in [-0.2, -0.15) is 13.9 Å². The largest absolute Gasteiger partial charge is 0.397 e. The smallest absolute Gasteiger partial charge is 0.341 e. The molecule has 0 aliphatic rings. The second-order valence-electron chi connectivity index (χ2n) is 6.19. The van der Waals surface area contributed by atoms with Gasteiger partial charge in [0, 0.05) is 11.9 Å². The number of carbonyl (C=O) groups is 1. The average Bonchev–Trinajstić information content (AvgIpc) is 2.99. The molecule has 0 bridgehead atoms. The van der Waals surface area contributed by atoms with Crippen molar-refractivity contribution in [2.75, 3.05) is 5.73 Å². The van der Waals surface area contributed by atoms with Crippen LogP contribution in [0, 0.1) is 13.8 Å². The van der Waals surface area contributed by atoms with Crippen molar-refractivity contribution in [3.63, 3.8) is 0 Å². The number of nitrogens with zero attached hydrogens (tertiary/aromatic N) is 2. The first-order valence-electron chi connectivity index (χ1n) is 8.14. The van der Waals surface area contributed by atoms with Crippen molar-refractivity contribution in [2.24, 2.45) is 0 Å². The molecule has 0 atom stereocenters. The summed E-state index contributed by atoms with van der Waals surface area (Å²) in [6.45, 7) is 3.62. The van der Waals surface area contributed by atoms with E-state index in [0.717, 1.165) is 23.0 Å². The van der Waals surface area contributed by atoms with E-state index in [0.29, 0.717) is 27.2 Å². The second-order valence-corrected chi connectivity index (χ2v) is 9.48. The standard InChI is InChI=1S/C17H15ClF2N4O3S2/c1-7-8(2)23-24-16-12(7)13(21)14(28-16)15(25)22-6-9-3-4-11(10(18)5-9)29(26,27)17(19)20/h3-5,17H,6,21H2,1-2H3,(H,22,25). The summed E-state index contributed by atoms with van der Waals surface area (Å²) < 4.78 is 48.5. The number of hydrogen-bond acceptors (Lipinski definition) is 7. The van der Waals surface area contributed by atoms with Crippen LogP contribution >= 0.6 is 22.9 Å². The molecule has 0 saturated heterocycles. The number of thiophene rings is 1. The molecule has 0 radical (unpaired) electrons. The molecule has 7 nitrogen and oxygen atoms in total. The lowest BCUT2D eigenvalue weighted by molar-refractivity contribution is 0.0956. The number of anilines is 1. The fourth-order valence-electron chi connectivity index (χ4n) is 2.65. The number of fused-ring (bicyclic) bond motifs is 1. The molecule has 0 saturated carbocycles. The Morgan fingerprint density at radius 2 is 2.00 bits per heavy atom. The van der Waals surface area contributed by atoms with Gasteiger partial charge in [0.25, 0.3) is 5.91 Å². The molecule has 2 heterocycles. The van der Waals surface area contributed by atoms with Crippen molar-refractivity contribution < 1.29 is 22.0 Å². The van der Waals surface area contributed by atoms with Crippen molar-refractivity contribution >= 4 is 54.6 Å². The third kappa shape index (κ3) is 3.89. The minimum Gasteiger partial charge on any atom is -0.397 e. The van der Waals surface area contributed by atoms with Gasteiger partial charge in [0.1, 0.15) is 9.71 Å². The topological polar surface area (TPSA) is 115 Å². The highest BCUT2D eigenvalue weighted by molar-refractivity contribution is 7.91. The third-order valence-corrected chi connectivity index (χ3v) is 7.28. The first kappa shape index (κ1) is 21.3. The van der Waals surface area contributed by atoms with Gasteiger partial charge in [-0.1, -0.05) is 17.7 Å². The zero-order valence-corrected chi connectivity index (χ0v) is 17.6. The molecule has 12 heteroatoms. The van der Waals surface area contributed by atoms with E-state index < -0.39 is 26.4 Å². The first-order valence-corrected chi connectivity index (χ1v) is 10.9. The minimum atomic E-state index is -4.81. The Hall–Kier alpha value is -2.37. The zero-order valence-electron chi connectivity index (χ0n) is 15.2. The maximum Gasteiger partial charge on any atom is 0.341 e. The Balaban J connectivity index is 1.81. The van der Waals surface area contributed by atoms with E-state index in [1.54, 1.807) is 6.92 Å². The molecule has 3 aromatic rings. The molecular formula is C17H15ClF2N4O3S2. The third-order valence-electron chi connectivity index (χ3n) is 4.33. The summed E-state index contributed by atoms with van der Waals surface area (Å²) in [7, 11) is -4.81. The normalized spacial score (nSPS) is 11.9. The molecule has 154 valence electrons. The van der Waals surface area contributed by atoms with Crippen LogP contribution in [0.25, 0.3) is 10.2 Å². The first-order chi connectivity index (χ1) is 13.5. The molecule has 3 N–H and O–H groups in total. The van der Waals surface area contributed by atoms with Crippen molar-refractivity contribution in [1.29, 1.82) is 0 Å². The van der Waals surface area contributed by atoms with Crippen LogP contribution in [0.1, 0.15) is 26.5 Å². The second kappa shape index (κ2) is 7.81. The predicted molar refractivity (Wildman–Crippen MR) is 107 cm³/mol. The van der Waals surface area contributed by atoms with Gasteiger partial charge in [-0.05, 0) is 37.1 Å². The SMILES string of the molecule is Cc1nnc2sc(C(=O)NCc3ccc(S(=O)(=O)C(F)F)c(Cl)c3)c(N)c2c1C. The molecular weight excluding hydrogens is 446 g/mol. The fourth-order valence-corrected chi connectivity index (χ4v) is 4.98. The maximum absolute atomic E-state index is 12.7. The van der Waals surface area contributed by atoms with Crippen LogP contribution in [0.4, 0.5) is 14.5 Å². The van der Waals surface area contributed by atoms with Gasteiger partial charge in [0.2, 0.25) is 9.84 Å². The number of aryl methyl sites for hydroxylation is 2. The molecule has 0 spiro atoms. The summed E-state index contributed by atoms with van der Waals surface area (Å²) in [5.74, 6) is -4.03. The van der Waals surface area contributed by atoms with Gasteiger partial charge in [-0.25, -0.2) is 8.42 Å². The van der Waals surface area contributed by atoms with Crippen LogP contribution < -0.4 is 11.1 Å². The van der Waals surface area contributed by atoms with Gasteiger partial charge in [0.15, 0.2) is 0 Å². The van der Waals surface area contributed by atoms with Crippen molar-refractivity contribution in [2.45, 2.75) is 31.0 Å². The van der Waals surface area contributed by atoms with E-state index in [2.05, 4.69) is 15.5 Å². The molecule has 1 aromatic carbocycles. The number of alkyl halides is 2. The summed E-state index contributed by atoms with van der Waals surface area (Å²) in [4.78, 5) is 12.7. The van der Waals surface area contributed by atoms with E-state index in [9.17, 15) is 22.0 Å². The summed E-state index contributed by atoms with van der Waals surface area (Å²) in [5, 5.41) is 11.1. The molecule has 0 aliphatic heterocycles. The van der Waals surface area contributed by atoms with Crippen LogP contribution in [0.15, 0.2) is 23.1 Å². The molecule has 0 aliphatic carbocycles. The Bertz CT molecular complexity index is 1230. The minimum absolute atomic E-state index is 0.00899. The molecule has 0 unspecified atom stereocenters. The predicted octanol–water partition coefficient (Wildman–Crippen LogP) is 3.47. The van der Waals surface area contributed by atoms with Crippen LogP contribution in [0.5, 0.6) is 0 Å². The Morgan fingerprint density at radius 1 is 1.31 bits per heavy atom. The van der Waals surface area contributed by atoms with Crippen molar-refractivity contribution in [3.8, 4) is 0 Å². The van der Waals surface area contributed by atoms with Gasteiger partial charge in [-0.15, -0.1) is 16.4 Å². The highest BCUT2D eigenvalue weighted by Gasteiger charge is 2.29. The molecule has 1 amide bonds. The molecule has 29 heavy (non-hydrogen) atoms. The highest BCUT2D eigenvalue weighted by atomic mass is 35.5. The average molecular weight is 461 g/mol. The van der Waals surface area contributed by atoms with Crippen LogP contribution in [0.3, 0.4) is 0 Å². The van der Waals surface area contributed by atoms with E-state index in [1.807, 2.05) is 6.92 Å². The van der Waals surface area contributed by atoms with Crippen molar-refractivity contribution in [1.82, 2.24) is 15.5 Å². The molecule has 0 fully saturated rings. The number of hydrogen-bond donors (Lipinski definition) is 2. The number of amides is 1. The Morgan fingerprint density at radius 3 is 2.62 bits per heavy atom. The van der Waals surface area contributed by atoms with E-state index in [1.165, 1.54) is 12.1 Å². The fraction of sp³-hybridized carbons (Fsp3) is 0.235. The number of benzene rings is 1. The van der Waals surface area contributed by atoms with Crippen LogP contribution in [0.2, 0.25) is 5.02 Å². The van der Waals surface area contributed by atoms with Crippen molar-refractivity contribution in [3.05, 3.63) is 44.9 Å². The van der Waals surface area contributed by atoms with E-state index >= 15 is 0 Å². The number of sulfone groups is 1. The lowest BCUT2D eigenvalue weighted by atomic mass is 10.1. The van der Waals surface area contributed by atoms with Gasteiger partial charge in [-0.3, -0.25) is 4.79 Å². The number of rotatable bonds is 5. The monoisotopic (exact) mass is 460 g/mol. The lowest BCUT2D eigenvalue weighted by Crippen LogP contribution is -2.22. The summed E-state index contributed by atoms with van der Waals surface area (Å²) in [6.07, 6.45) is 0. The van der Waals surface area contributed by atoms with Crippen LogP contribution in [-0.4, -0.2) is 30.3 Å². The Labute approximate surface area is 173 Å². The van der Waals surface area contributed by atoms with E-state index in [-0.39, 0.29) is 16.4 Å². The van der Waals surface area contributed by atoms with Gasteiger partial charge < -0.3 is 11.1 Å². The lowest BCUT2D eigenvalue weighted by Gasteiger charge is -2.09. The van der Waals surface area contributed by atoms with Gasteiger partial charge >= 0.3 is 5.76 Å². The number of nitrogen functional groups attached to an aromatic ring is 1. The van der Waals surface area contributed by atoms with E-state index in [4.69, 9.17) is 17.3 Å². The zero-order chi connectivity index (χ0) is 21.5. The quantitative estimate of drug-likeness (QED) is 0.602. The number of halogens is 3. The highest BCUT2D eigenvalue weighted by Crippen LogP contribution is 2.35.